The predicted molar refractivity (Wildman–Crippen MR) is 78.6 cm³/mol. The van der Waals surface area contributed by atoms with Gasteiger partial charge in [0.25, 0.3) is 0 Å². The van der Waals surface area contributed by atoms with Gasteiger partial charge in [-0.3, -0.25) is 4.98 Å². The minimum atomic E-state index is 0.504. The highest BCUT2D eigenvalue weighted by molar-refractivity contribution is 6.08. The molecule has 1 aromatic heterocycles. The van der Waals surface area contributed by atoms with Gasteiger partial charge < -0.3 is 5.73 Å². The van der Waals surface area contributed by atoms with Gasteiger partial charge in [-0.1, -0.05) is 36.4 Å². The Kier molecular flexibility index (Phi) is 2.94. The average molecular weight is 247 g/mol. The van der Waals surface area contributed by atoms with Gasteiger partial charge in [-0.2, -0.15) is 0 Å². The van der Waals surface area contributed by atoms with Crippen LogP contribution in [0.3, 0.4) is 0 Å². The molecule has 3 nitrogen and oxygen atoms in total. The van der Waals surface area contributed by atoms with Crippen LogP contribution in [-0.4, -0.2) is 10.8 Å². The summed E-state index contributed by atoms with van der Waals surface area (Å²) in [5.41, 5.74) is 8.80. The van der Waals surface area contributed by atoms with Crippen LogP contribution in [0.15, 0.2) is 71.9 Å². The van der Waals surface area contributed by atoms with Gasteiger partial charge in [0.05, 0.1) is 11.2 Å². The quantitative estimate of drug-likeness (QED) is 0.558. The summed E-state index contributed by atoms with van der Waals surface area (Å²) < 4.78 is 0. The van der Waals surface area contributed by atoms with E-state index in [4.69, 9.17) is 5.73 Å². The van der Waals surface area contributed by atoms with Crippen molar-refractivity contribution in [1.29, 1.82) is 0 Å². The van der Waals surface area contributed by atoms with E-state index in [2.05, 4.69) is 9.98 Å². The number of rotatable bonds is 2. The van der Waals surface area contributed by atoms with E-state index in [0.29, 0.717) is 5.84 Å². The van der Waals surface area contributed by atoms with E-state index in [9.17, 15) is 0 Å². The van der Waals surface area contributed by atoms with Crippen LogP contribution < -0.4 is 5.73 Å². The zero-order valence-electron chi connectivity index (χ0n) is 10.3. The average Bonchev–Trinajstić information content (AvgIpc) is 2.47. The fraction of sp³-hybridized carbons (Fsp3) is 0. The Hall–Kier alpha value is -2.68. The molecule has 0 aliphatic carbocycles. The fourth-order valence-electron chi connectivity index (χ4n) is 2.02. The second-order valence-electron chi connectivity index (χ2n) is 4.21. The second kappa shape index (κ2) is 4.90. The normalized spacial score (nSPS) is 11.7. The number of hydrogen-bond acceptors (Lipinski definition) is 2. The van der Waals surface area contributed by atoms with E-state index in [1.807, 2.05) is 60.7 Å². The van der Waals surface area contributed by atoms with Gasteiger partial charge in [-0.15, -0.1) is 0 Å². The molecule has 0 fully saturated rings. The highest BCUT2D eigenvalue weighted by Gasteiger charge is 2.04. The SMILES string of the molecule is NC(=Nc1ccccc1)c1ccnc2ccccc12. The monoisotopic (exact) mass is 247 g/mol. The van der Waals surface area contributed by atoms with Crippen molar-refractivity contribution >= 4 is 22.4 Å². The fourth-order valence-corrected chi connectivity index (χ4v) is 2.02. The maximum absolute atomic E-state index is 6.12. The Labute approximate surface area is 111 Å². The van der Waals surface area contributed by atoms with Gasteiger partial charge in [0.1, 0.15) is 5.84 Å². The zero-order chi connectivity index (χ0) is 13.1. The number of amidine groups is 1. The highest BCUT2D eigenvalue weighted by atomic mass is 14.9. The van der Waals surface area contributed by atoms with Crippen LogP contribution in [0.5, 0.6) is 0 Å². The largest absolute Gasteiger partial charge is 0.383 e. The molecule has 0 unspecified atom stereocenters. The number of fused-ring (bicyclic) bond motifs is 1. The minimum Gasteiger partial charge on any atom is -0.383 e. The minimum absolute atomic E-state index is 0.504. The summed E-state index contributed by atoms with van der Waals surface area (Å²) in [7, 11) is 0. The molecule has 0 bridgehead atoms. The molecule has 3 rings (SSSR count). The highest BCUT2D eigenvalue weighted by Crippen LogP contribution is 2.18. The summed E-state index contributed by atoms with van der Waals surface area (Å²) in [5.74, 6) is 0.504. The molecule has 0 aliphatic rings. The third-order valence-electron chi connectivity index (χ3n) is 2.93. The maximum atomic E-state index is 6.12. The third-order valence-corrected chi connectivity index (χ3v) is 2.93. The molecule has 2 aromatic carbocycles. The summed E-state index contributed by atoms with van der Waals surface area (Å²) in [6.07, 6.45) is 1.76. The molecule has 92 valence electrons. The Balaban J connectivity index is 2.12. The van der Waals surface area contributed by atoms with E-state index in [1.54, 1.807) is 6.20 Å². The first-order valence-corrected chi connectivity index (χ1v) is 6.08. The molecule has 1 heterocycles. The van der Waals surface area contributed by atoms with Crippen molar-refractivity contribution < 1.29 is 0 Å². The molecule has 0 saturated heterocycles. The smallest absolute Gasteiger partial charge is 0.132 e. The van der Waals surface area contributed by atoms with Crippen LogP contribution in [0.4, 0.5) is 5.69 Å². The van der Waals surface area contributed by atoms with E-state index in [-0.39, 0.29) is 0 Å². The number of aromatic nitrogens is 1. The van der Waals surface area contributed by atoms with Gasteiger partial charge >= 0.3 is 0 Å². The standard InChI is InChI=1S/C16H13N3/c17-16(19-12-6-2-1-3-7-12)14-10-11-18-15-9-5-4-8-13(14)15/h1-11H,(H2,17,19). The Bertz CT molecular complexity index is 728. The molecule has 0 saturated carbocycles. The lowest BCUT2D eigenvalue weighted by molar-refractivity contribution is 1.39. The predicted octanol–water partition coefficient (Wildman–Crippen LogP) is 3.27. The number of aliphatic imine (C=N–C) groups is 1. The van der Waals surface area contributed by atoms with Crippen molar-refractivity contribution in [3.05, 3.63) is 72.4 Å². The van der Waals surface area contributed by atoms with Crippen LogP contribution in [0.2, 0.25) is 0 Å². The molecule has 0 spiro atoms. The van der Waals surface area contributed by atoms with Crippen molar-refractivity contribution in [3.63, 3.8) is 0 Å². The molecule has 2 N–H and O–H groups in total. The summed E-state index contributed by atoms with van der Waals surface area (Å²) in [5, 5.41) is 1.02. The Morgan fingerprint density at radius 1 is 0.895 bits per heavy atom. The zero-order valence-corrected chi connectivity index (χ0v) is 10.3. The van der Waals surface area contributed by atoms with Crippen molar-refractivity contribution in [2.45, 2.75) is 0 Å². The lowest BCUT2D eigenvalue weighted by atomic mass is 10.1. The van der Waals surface area contributed by atoms with Gasteiger partial charge in [0.2, 0.25) is 0 Å². The number of hydrogen-bond donors (Lipinski definition) is 1. The molecule has 0 amide bonds. The van der Waals surface area contributed by atoms with Gasteiger partial charge in [-0.05, 0) is 24.3 Å². The van der Waals surface area contributed by atoms with E-state index in [0.717, 1.165) is 22.2 Å². The number of pyridine rings is 1. The van der Waals surface area contributed by atoms with Crippen molar-refractivity contribution in [3.8, 4) is 0 Å². The lowest BCUT2D eigenvalue weighted by Crippen LogP contribution is -2.13. The summed E-state index contributed by atoms with van der Waals surface area (Å²) in [6.45, 7) is 0. The van der Waals surface area contributed by atoms with E-state index < -0.39 is 0 Å². The molecule has 19 heavy (non-hydrogen) atoms. The molecule has 3 heteroatoms. The lowest BCUT2D eigenvalue weighted by Gasteiger charge is -2.05. The maximum Gasteiger partial charge on any atom is 0.132 e. The summed E-state index contributed by atoms with van der Waals surface area (Å²) >= 11 is 0. The van der Waals surface area contributed by atoms with Crippen molar-refractivity contribution in [1.82, 2.24) is 4.98 Å². The number of nitrogens with zero attached hydrogens (tertiary/aromatic N) is 2. The van der Waals surface area contributed by atoms with E-state index >= 15 is 0 Å². The van der Waals surface area contributed by atoms with Crippen LogP contribution in [-0.2, 0) is 0 Å². The first kappa shape index (κ1) is 11.4. The molecule has 0 atom stereocenters. The van der Waals surface area contributed by atoms with Gasteiger partial charge in [-0.25, -0.2) is 4.99 Å². The van der Waals surface area contributed by atoms with Gasteiger partial charge in [0.15, 0.2) is 0 Å². The Morgan fingerprint density at radius 3 is 2.47 bits per heavy atom. The van der Waals surface area contributed by atoms with Crippen LogP contribution in [0, 0.1) is 0 Å². The van der Waals surface area contributed by atoms with Crippen LogP contribution in [0.25, 0.3) is 10.9 Å². The molecule has 0 aliphatic heterocycles. The molecule has 0 radical (unpaired) electrons. The number of benzene rings is 2. The molecular formula is C16H13N3. The second-order valence-corrected chi connectivity index (χ2v) is 4.21. The van der Waals surface area contributed by atoms with Gasteiger partial charge in [0, 0.05) is 17.1 Å². The van der Waals surface area contributed by atoms with Crippen molar-refractivity contribution in [2.24, 2.45) is 10.7 Å². The first-order valence-electron chi connectivity index (χ1n) is 6.08. The summed E-state index contributed by atoms with van der Waals surface area (Å²) in [6, 6.07) is 19.5. The van der Waals surface area contributed by atoms with Crippen LogP contribution >= 0.6 is 0 Å². The molecule has 3 aromatic rings. The molecular weight excluding hydrogens is 234 g/mol. The van der Waals surface area contributed by atoms with Crippen molar-refractivity contribution in [2.75, 3.05) is 0 Å². The third kappa shape index (κ3) is 2.31. The number of para-hydroxylation sites is 2. The first-order chi connectivity index (χ1) is 9.34. The number of nitrogens with two attached hydrogens (primary N) is 1. The Morgan fingerprint density at radius 2 is 1.63 bits per heavy atom. The topological polar surface area (TPSA) is 51.3 Å². The van der Waals surface area contributed by atoms with Crippen LogP contribution in [0.1, 0.15) is 5.56 Å². The summed E-state index contributed by atoms with van der Waals surface area (Å²) in [4.78, 5) is 8.77. The van der Waals surface area contributed by atoms with E-state index in [1.165, 1.54) is 0 Å².